The van der Waals surface area contributed by atoms with Crippen LogP contribution in [0.1, 0.15) is 10.4 Å². The molecule has 100 valence electrons. The summed E-state index contributed by atoms with van der Waals surface area (Å²) in [4.78, 5) is 11.5. The van der Waals surface area contributed by atoms with Gasteiger partial charge in [-0.05, 0) is 22.0 Å². The Morgan fingerprint density at radius 3 is 2.28 bits per heavy atom. The van der Waals surface area contributed by atoms with E-state index in [9.17, 15) is 22.0 Å². The molecular weight excluding hydrogens is 334 g/mol. The average molecular weight is 343 g/mol. The number of primary sulfonamides is 1. The molecule has 1 aromatic rings. The standard InChI is InChI=1S/C9H9BrF2N2O3S/c1-14(2)9(15)6-5(11)3-4(10)8(7(6)12)18(13,16)17/h3H,1-2H3,(H2,13,16,17). The van der Waals surface area contributed by atoms with Gasteiger partial charge < -0.3 is 4.90 Å². The van der Waals surface area contributed by atoms with Gasteiger partial charge in [0.15, 0.2) is 5.82 Å². The highest BCUT2D eigenvalue weighted by Crippen LogP contribution is 2.29. The molecule has 0 unspecified atom stereocenters. The molecule has 1 aromatic carbocycles. The van der Waals surface area contributed by atoms with E-state index in [1.807, 2.05) is 0 Å². The van der Waals surface area contributed by atoms with E-state index in [0.717, 1.165) is 4.90 Å². The molecule has 18 heavy (non-hydrogen) atoms. The molecule has 2 N–H and O–H groups in total. The lowest BCUT2D eigenvalue weighted by molar-refractivity contribution is 0.0817. The highest BCUT2D eigenvalue weighted by atomic mass is 79.9. The Hall–Kier alpha value is -1.06. The zero-order valence-corrected chi connectivity index (χ0v) is 11.8. The van der Waals surface area contributed by atoms with E-state index in [0.29, 0.717) is 6.07 Å². The van der Waals surface area contributed by atoms with Gasteiger partial charge in [-0.25, -0.2) is 22.3 Å². The molecule has 1 rings (SSSR count). The van der Waals surface area contributed by atoms with Gasteiger partial charge in [-0.1, -0.05) is 0 Å². The highest BCUT2D eigenvalue weighted by Gasteiger charge is 2.28. The smallest absolute Gasteiger partial charge is 0.259 e. The van der Waals surface area contributed by atoms with E-state index < -0.39 is 38.0 Å². The van der Waals surface area contributed by atoms with Crippen LogP contribution < -0.4 is 5.14 Å². The van der Waals surface area contributed by atoms with Crippen LogP contribution in [-0.4, -0.2) is 33.3 Å². The Morgan fingerprint density at radius 2 is 1.89 bits per heavy atom. The van der Waals surface area contributed by atoms with Gasteiger partial charge in [0.25, 0.3) is 5.91 Å². The van der Waals surface area contributed by atoms with Crippen LogP contribution in [0.15, 0.2) is 15.4 Å². The molecule has 0 radical (unpaired) electrons. The summed E-state index contributed by atoms with van der Waals surface area (Å²) in [6.07, 6.45) is 0. The third-order valence-electron chi connectivity index (χ3n) is 2.03. The SMILES string of the molecule is CN(C)C(=O)c1c(F)cc(Br)c(S(N)(=O)=O)c1F. The normalized spacial score (nSPS) is 11.4. The molecular formula is C9H9BrF2N2O3S. The van der Waals surface area contributed by atoms with Gasteiger partial charge in [0.2, 0.25) is 10.0 Å². The molecule has 0 saturated heterocycles. The molecule has 0 heterocycles. The van der Waals surface area contributed by atoms with Crippen LogP contribution in [0.3, 0.4) is 0 Å². The summed E-state index contributed by atoms with van der Waals surface area (Å²) in [5.41, 5.74) is -0.966. The van der Waals surface area contributed by atoms with Crippen molar-refractivity contribution in [3.8, 4) is 0 Å². The molecule has 0 saturated carbocycles. The van der Waals surface area contributed by atoms with Crippen molar-refractivity contribution in [2.75, 3.05) is 14.1 Å². The summed E-state index contributed by atoms with van der Waals surface area (Å²) in [5.74, 6) is -3.68. The molecule has 1 amide bonds. The Bertz CT molecular complexity index is 617. The van der Waals surface area contributed by atoms with Crippen LogP contribution >= 0.6 is 15.9 Å². The molecule has 0 bridgehead atoms. The number of halogens is 3. The largest absolute Gasteiger partial charge is 0.345 e. The minimum atomic E-state index is -4.42. The van der Waals surface area contributed by atoms with E-state index in [1.165, 1.54) is 14.1 Å². The topological polar surface area (TPSA) is 80.5 Å². The number of carbonyl (C=O) groups is 1. The van der Waals surface area contributed by atoms with Crippen molar-refractivity contribution in [3.05, 3.63) is 27.7 Å². The van der Waals surface area contributed by atoms with Crippen LogP contribution in [0.5, 0.6) is 0 Å². The van der Waals surface area contributed by atoms with Crippen molar-refractivity contribution >= 4 is 31.9 Å². The second-order valence-electron chi connectivity index (χ2n) is 3.60. The molecule has 5 nitrogen and oxygen atoms in total. The van der Waals surface area contributed by atoms with Gasteiger partial charge in [0, 0.05) is 18.6 Å². The summed E-state index contributed by atoms with van der Waals surface area (Å²) in [5, 5.41) is 4.81. The number of rotatable bonds is 2. The third-order valence-corrected chi connectivity index (χ3v) is 3.89. The molecule has 0 spiro atoms. The van der Waals surface area contributed by atoms with Crippen LogP contribution in [0.25, 0.3) is 0 Å². The van der Waals surface area contributed by atoms with Gasteiger partial charge in [-0.15, -0.1) is 0 Å². The second kappa shape index (κ2) is 4.90. The summed E-state index contributed by atoms with van der Waals surface area (Å²) < 4.78 is 49.5. The zero-order chi connectivity index (χ0) is 14.2. The Labute approximate surface area is 111 Å². The first kappa shape index (κ1) is 15.0. The predicted molar refractivity (Wildman–Crippen MR) is 63.4 cm³/mol. The van der Waals surface area contributed by atoms with Crippen molar-refractivity contribution < 1.29 is 22.0 Å². The first-order chi connectivity index (χ1) is 8.07. The van der Waals surface area contributed by atoms with Gasteiger partial charge in [0.1, 0.15) is 16.3 Å². The lowest BCUT2D eigenvalue weighted by atomic mass is 10.1. The summed E-state index contributed by atoms with van der Waals surface area (Å²) in [6.45, 7) is 0. The van der Waals surface area contributed by atoms with Crippen LogP contribution in [0, 0.1) is 11.6 Å². The number of carbonyl (C=O) groups excluding carboxylic acids is 1. The maximum atomic E-state index is 13.9. The maximum Gasteiger partial charge on any atom is 0.259 e. The fraction of sp³-hybridized carbons (Fsp3) is 0.222. The average Bonchev–Trinajstić information content (AvgIpc) is 2.13. The number of nitrogens with zero attached hydrogens (tertiary/aromatic N) is 1. The van der Waals surface area contributed by atoms with Crippen LogP contribution in [0.2, 0.25) is 0 Å². The van der Waals surface area contributed by atoms with Crippen molar-refractivity contribution in [1.82, 2.24) is 4.90 Å². The number of benzene rings is 1. The van der Waals surface area contributed by atoms with Crippen LogP contribution in [0.4, 0.5) is 8.78 Å². The lowest BCUT2D eigenvalue weighted by Gasteiger charge is -2.14. The maximum absolute atomic E-state index is 13.9. The Balaban J connectivity index is 3.72. The van der Waals surface area contributed by atoms with E-state index in [4.69, 9.17) is 5.14 Å². The number of hydrogen-bond acceptors (Lipinski definition) is 3. The molecule has 0 fully saturated rings. The van der Waals surface area contributed by atoms with E-state index in [1.54, 1.807) is 0 Å². The summed E-state index contributed by atoms with van der Waals surface area (Å²) >= 11 is 2.69. The predicted octanol–water partition coefficient (Wildman–Crippen LogP) is 1.08. The van der Waals surface area contributed by atoms with Crippen molar-refractivity contribution in [2.24, 2.45) is 5.14 Å². The summed E-state index contributed by atoms with van der Waals surface area (Å²) in [6, 6.07) is 0.680. The van der Waals surface area contributed by atoms with Gasteiger partial charge >= 0.3 is 0 Å². The number of sulfonamides is 1. The monoisotopic (exact) mass is 342 g/mol. The Kier molecular flexibility index (Phi) is 4.08. The summed E-state index contributed by atoms with van der Waals surface area (Å²) in [7, 11) is -1.87. The number of amides is 1. The third kappa shape index (κ3) is 2.68. The van der Waals surface area contributed by atoms with Gasteiger partial charge in [-0.3, -0.25) is 4.79 Å². The fourth-order valence-electron chi connectivity index (χ4n) is 1.25. The Morgan fingerprint density at radius 1 is 1.39 bits per heavy atom. The molecule has 9 heteroatoms. The first-order valence-electron chi connectivity index (χ1n) is 4.49. The van der Waals surface area contributed by atoms with Crippen molar-refractivity contribution in [1.29, 1.82) is 0 Å². The quantitative estimate of drug-likeness (QED) is 0.873. The number of nitrogens with two attached hydrogens (primary N) is 1. The minimum Gasteiger partial charge on any atom is -0.345 e. The zero-order valence-electron chi connectivity index (χ0n) is 9.37. The highest BCUT2D eigenvalue weighted by molar-refractivity contribution is 9.10. The molecule has 0 aliphatic rings. The molecule has 0 aliphatic heterocycles. The van der Waals surface area contributed by atoms with E-state index in [-0.39, 0.29) is 4.47 Å². The molecule has 0 atom stereocenters. The molecule has 0 aromatic heterocycles. The van der Waals surface area contributed by atoms with E-state index in [2.05, 4.69) is 15.9 Å². The van der Waals surface area contributed by atoms with Crippen LogP contribution in [-0.2, 0) is 10.0 Å². The molecule has 0 aliphatic carbocycles. The fourth-order valence-corrected chi connectivity index (χ4v) is 2.99. The van der Waals surface area contributed by atoms with Crippen molar-refractivity contribution in [2.45, 2.75) is 4.90 Å². The second-order valence-corrected chi connectivity index (χ2v) is 5.96. The minimum absolute atomic E-state index is 0.379. The van der Waals surface area contributed by atoms with Gasteiger partial charge in [0.05, 0.1) is 0 Å². The lowest BCUT2D eigenvalue weighted by Crippen LogP contribution is -2.26. The van der Waals surface area contributed by atoms with E-state index >= 15 is 0 Å². The van der Waals surface area contributed by atoms with Gasteiger partial charge in [-0.2, -0.15) is 0 Å². The first-order valence-corrected chi connectivity index (χ1v) is 6.83. The number of hydrogen-bond donors (Lipinski definition) is 1. The van der Waals surface area contributed by atoms with Crippen molar-refractivity contribution in [3.63, 3.8) is 0 Å².